The van der Waals surface area contributed by atoms with Gasteiger partial charge in [-0.2, -0.15) is 0 Å². The number of nitrogens with zero attached hydrogens (tertiary/aromatic N) is 2. The highest BCUT2D eigenvalue weighted by atomic mass is 32.1. The number of fused-ring (bicyclic) bond motifs is 1. The lowest BCUT2D eigenvalue weighted by Gasteiger charge is -2.29. The van der Waals surface area contributed by atoms with Gasteiger partial charge in [-0.3, -0.25) is 4.79 Å². The van der Waals surface area contributed by atoms with E-state index in [1.807, 2.05) is 12.4 Å². The van der Waals surface area contributed by atoms with Crippen LogP contribution in [0.4, 0.5) is 5.69 Å². The Morgan fingerprint density at radius 1 is 1.20 bits per heavy atom. The maximum atomic E-state index is 11.6. The molecule has 0 saturated carbocycles. The average molecular weight is 424 g/mol. The molecule has 2 aliphatic heterocycles. The quantitative estimate of drug-likeness (QED) is 0.678. The molecule has 0 unspecified atom stereocenters. The van der Waals surface area contributed by atoms with Crippen LogP contribution in [-0.4, -0.2) is 49.8 Å². The highest BCUT2D eigenvalue weighted by Gasteiger charge is 2.28. The van der Waals surface area contributed by atoms with Crippen LogP contribution in [0.2, 0.25) is 0 Å². The van der Waals surface area contributed by atoms with Crippen LogP contribution >= 0.6 is 11.3 Å². The molecule has 0 radical (unpaired) electrons. The van der Waals surface area contributed by atoms with Gasteiger partial charge in [0.2, 0.25) is 5.91 Å². The summed E-state index contributed by atoms with van der Waals surface area (Å²) in [5.74, 6) is 1.14. The van der Waals surface area contributed by atoms with Crippen molar-refractivity contribution in [2.24, 2.45) is 5.92 Å². The van der Waals surface area contributed by atoms with Gasteiger partial charge in [0, 0.05) is 37.7 Å². The van der Waals surface area contributed by atoms with Gasteiger partial charge < -0.3 is 19.7 Å². The molecule has 0 spiro atoms. The molecule has 0 bridgehead atoms. The molecule has 2 aromatic carbocycles. The Morgan fingerprint density at radius 2 is 2.00 bits per heavy atom. The third-order valence-electron chi connectivity index (χ3n) is 5.96. The van der Waals surface area contributed by atoms with Crippen molar-refractivity contribution in [3.05, 3.63) is 41.9 Å². The Balaban J connectivity index is 1.41. The number of carbonyl (C=O) groups excluding carboxylic acids is 1. The molecule has 3 heterocycles. The maximum Gasteiger partial charge on any atom is 0.220 e. The molecule has 7 heteroatoms. The topological polar surface area (TPSA) is 63.7 Å². The fourth-order valence-corrected chi connectivity index (χ4v) is 4.86. The van der Waals surface area contributed by atoms with E-state index in [2.05, 4.69) is 51.6 Å². The van der Waals surface area contributed by atoms with Crippen LogP contribution in [0.5, 0.6) is 5.75 Å². The van der Waals surface area contributed by atoms with E-state index in [0.29, 0.717) is 13.0 Å². The lowest BCUT2D eigenvalue weighted by atomic mass is 10.0. The lowest BCUT2D eigenvalue weighted by molar-refractivity contribution is -0.119. The van der Waals surface area contributed by atoms with Crippen LogP contribution in [0, 0.1) is 5.92 Å². The summed E-state index contributed by atoms with van der Waals surface area (Å²) in [5, 5.41) is 2.90. The smallest absolute Gasteiger partial charge is 0.220 e. The van der Waals surface area contributed by atoms with E-state index in [4.69, 9.17) is 9.47 Å². The molecule has 156 valence electrons. The van der Waals surface area contributed by atoms with Crippen LogP contribution in [-0.2, 0) is 9.53 Å². The molecule has 1 N–H and O–H groups in total. The van der Waals surface area contributed by atoms with Gasteiger partial charge >= 0.3 is 0 Å². The minimum atomic E-state index is -0.0480. The number of hydrogen-bond donors (Lipinski definition) is 1. The maximum absolute atomic E-state index is 11.6. The summed E-state index contributed by atoms with van der Waals surface area (Å²) in [5.41, 5.74) is 6.24. The highest BCUT2D eigenvalue weighted by molar-refractivity contribution is 7.17. The average Bonchev–Trinajstić information content (AvgIpc) is 3.43. The van der Waals surface area contributed by atoms with Gasteiger partial charge in [0.05, 0.1) is 28.9 Å². The van der Waals surface area contributed by atoms with Gasteiger partial charge in [-0.15, -0.1) is 11.3 Å². The molecule has 1 amide bonds. The largest absolute Gasteiger partial charge is 0.489 e. The van der Waals surface area contributed by atoms with E-state index >= 15 is 0 Å². The van der Waals surface area contributed by atoms with Crippen molar-refractivity contribution in [3.63, 3.8) is 0 Å². The molecule has 6 nitrogen and oxygen atoms in total. The van der Waals surface area contributed by atoms with Crippen molar-refractivity contribution >= 4 is 33.1 Å². The monoisotopic (exact) mass is 423 g/mol. The van der Waals surface area contributed by atoms with Crippen LogP contribution in [0.3, 0.4) is 0 Å². The highest BCUT2D eigenvalue weighted by Crippen LogP contribution is 2.36. The van der Waals surface area contributed by atoms with Gasteiger partial charge in [0.1, 0.15) is 11.9 Å². The zero-order valence-electron chi connectivity index (χ0n) is 17.0. The van der Waals surface area contributed by atoms with E-state index in [-0.39, 0.29) is 17.9 Å². The normalized spacial score (nSPS) is 20.4. The summed E-state index contributed by atoms with van der Waals surface area (Å²) >= 11 is 1.59. The van der Waals surface area contributed by atoms with Gasteiger partial charge in [-0.05, 0) is 42.3 Å². The summed E-state index contributed by atoms with van der Waals surface area (Å²) < 4.78 is 12.9. The standard InChI is InChI=1S/C23H25N3O3S/c1-15(18-12-22(27)24-13-18)29-21-11-17(10-20-23(21)30-14-25-20)16-2-4-19(5-3-16)26-6-8-28-9-7-26/h2-5,10-11,14-15,18H,6-9,12-13H2,1H3,(H,24,27)/t15-,18-/m1/s1. The predicted molar refractivity (Wildman–Crippen MR) is 119 cm³/mol. The van der Waals surface area contributed by atoms with E-state index in [9.17, 15) is 4.79 Å². The van der Waals surface area contributed by atoms with Crippen molar-refractivity contribution in [2.45, 2.75) is 19.4 Å². The zero-order chi connectivity index (χ0) is 20.5. The van der Waals surface area contributed by atoms with Crippen molar-refractivity contribution < 1.29 is 14.3 Å². The molecule has 30 heavy (non-hydrogen) atoms. The Hall–Kier alpha value is -2.64. The minimum Gasteiger partial charge on any atom is -0.489 e. The Bertz CT molecular complexity index is 1040. The molecule has 5 rings (SSSR count). The first-order valence-corrected chi connectivity index (χ1v) is 11.3. The number of anilines is 1. The van der Waals surface area contributed by atoms with E-state index in [1.54, 1.807) is 11.3 Å². The van der Waals surface area contributed by atoms with Gasteiger partial charge in [0.15, 0.2) is 0 Å². The summed E-state index contributed by atoms with van der Waals surface area (Å²) in [4.78, 5) is 18.5. The van der Waals surface area contributed by atoms with Crippen LogP contribution in [0.15, 0.2) is 41.9 Å². The van der Waals surface area contributed by atoms with Crippen molar-refractivity contribution in [3.8, 4) is 16.9 Å². The first kappa shape index (κ1) is 19.3. The molecular weight excluding hydrogens is 398 g/mol. The number of nitrogens with one attached hydrogen (secondary N) is 1. The molecule has 2 fully saturated rings. The summed E-state index contributed by atoms with van der Waals surface area (Å²) in [6.45, 7) is 6.14. The minimum absolute atomic E-state index is 0.0480. The van der Waals surface area contributed by atoms with Crippen molar-refractivity contribution in [2.75, 3.05) is 37.7 Å². The summed E-state index contributed by atoms with van der Waals surface area (Å²) in [7, 11) is 0. The summed E-state index contributed by atoms with van der Waals surface area (Å²) in [6, 6.07) is 12.9. The second-order valence-corrected chi connectivity index (χ2v) is 8.77. The molecule has 1 aromatic heterocycles. The molecule has 2 atom stereocenters. The predicted octanol–water partition coefficient (Wildman–Crippen LogP) is 3.70. The zero-order valence-corrected chi connectivity index (χ0v) is 17.8. The van der Waals surface area contributed by atoms with E-state index in [0.717, 1.165) is 53.4 Å². The van der Waals surface area contributed by atoms with Gasteiger partial charge in [-0.1, -0.05) is 12.1 Å². The van der Waals surface area contributed by atoms with Crippen molar-refractivity contribution in [1.29, 1.82) is 0 Å². The van der Waals surface area contributed by atoms with Gasteiger partial charge in [0.25, 0.3) is 0 Å². The third-order valence-corrected chi connectivity index (χ3v) is 6.82. The SMILES string of the molecule is C[C@@H](Oc1cc(-c2ccc(N3CCOCC3)cc2)cc2ncsc12)[C@H]1CNC(=O)C1. The number of morpholine rings is 1. The fourth-order valence-electron chi connectivity index (χ4n) is 4.13. The first-order valence-electron chi connectivity index (χ1n) is 10.4. The summed E-state index contributed by atoms with van der Waals surface area (Å²) in [6.07, 6.45) is 0.476. The fraction of sp³-hybridized carbons (Fsp3) is 0.391. The number of rotatable bonds is 5. The third kappa shape index (κ3) is 3.87. The van der Waals surface area contributed by atoms with Crippen LogP contribution in [0.25, 0.3) is 21.3 Å². The van der Waals surface area contributed by atoms with Crippen LogP contribution < -0.4 is 15.0 Å². The second-order valence-electron chi connectivity index (χ2n) is 7.91. The van der Waals surface area contributed by atoms with Crippen LogP contribution in [0.1, 0.15) is 13.3 Å². The number of amides is 1. The molecule has 2 saturated heterocycles. The Morgan fingerprint density at radius 3 is 2.73 bits per heavy atom. The molecule has 3 aromatic rings. The number of aromatic nitrogens is 1. The number of carbonyl (C=O) groups is 1. The van der Waals surface area contributed by atoms with E-state index in [1.165, 1.54) is 5.69 Å². The Labute approximate surface area is 179 Å². The van der Waals surface area contributed by atoms with Gasteiger partial charge in [-0.25, -0.2) is 4.98 Å². The first-order chi connectivity index (χ1) is 14.7. The molecule has 2 aliphatic rings. The molecular formula is C23H25N3O3S. The molecule has 0 aliphatic carbocycles. The number of thiazole rings is 1. The lowest BCUT2D eigenvalue weighted by Crippen LogP contribution is -2.36. The number of ether oxygens (including phenoxy) is 2. The number of benzene rings is 2. The second kappa shape index (κ2) is 8.24. The Kier molecular flexibility index (Phi) is 5.31. The van der Waals surface area contributed by atoms with Crippen molar-refractivity contribution in [1.82, 2.24) is 10.3 Å². The number of hydrogen-bond acceptors (Lipinski definition) is 6. The van der Waals surface area contributed by atoms with E-state index < -0.39 is 0 Å².